The van der Waals surface area contributed by atoms with Gasteiger partial charge in [0, 0.05) is 18.8 Å². The van der Waals surface area contributed by atoms with Crippen LogP contribution in [0.5, 0.6) is 5.75 Å². The summed E-state index contributed by atoms with van der Waals surface area (Å²) in [5, 5.41) is 0. The van der Waals surface area contributed by atoms with Crippen molar-refractivity contribution in [2.45, 2.75) is 31.7 Å². The molecule has 1 heterocycles. The number of methoxy groups -OCH3 is 1. The molecule has 1 aromatic carbocycles. The van der Waals surface area contributed by atoms with E-state index in [2.05, 4.69) is 19.1 Å². The van der Waals surface area contributed by atoms with E-state index in [0.717, 1.165) is 38.2 Å². The third kappa shape index (κ3) is 2.99. The molecule has 0 radical (unpaired) electrons. The lowest BCUT2D eigenvalue weighted by atomic mass is 9.84. The van der Waals surface area contributed by atoms with Gasteiger partial charge in [0.15, 0.2) is 0 Å². The van der Waals surface area contributed by atoms with Gasteiger partial charge in [-0.05, 0) is 37.8 Å². The Bertz CT molecular complexity index is 384. The molecule has 94 valence electrons. The summed E-state index contributed by atoms with van der Waals surface area (Å²) in [5.74, 6) is 0.937. The molecule has 1 aliphatic rings. The second-order valence-corrected chi connectivity index (χ2v) is 4.97. The maximum Gasteiger partial charge on any atom is 0.122 e. The fraction of sp³-hybridized carbons (Fsp3) is 0.571. The van der Waals surface area contributed by atoms with Gasteiger partial charge in [0.25, 0.3) is 0 Å². The quantitative estimate of drug-likeness (QED) is 0.872. The van der Waals surface area contributed by atoms with Gasteiger partial charge in [0.2, 0.25) is 0 Å². The Labute approximate surface area is 103 Å². The van der Waals surface area contributed by atoms with Crippen LogP contribution in [0.3, 0.4) is 0 Å². The Kier molecular flexibility index (Phi) is 3.69. The molecule has 1 saturated heterocycles. The zero-order valence-corrected chi connectivity index (χ0v) is 10.7. The van der Waals surface area contributed by atoms with Crippen molar-refractivity contribution in [3.8, 4) is 5.75 Å². The average molecular weight is 235 g/mol. The molecule has 2 N–H and O–H groups in total. The van der Waals surface area contributed by atoms with Gasteiger partial charge in [-0.15, -0.1) is 0 Å². The minimum absolute atomic E-state index is 0.140. The molecule has 1 aromatic rings. The first kappa shape index (κ1) is 12.4. The summed E-state index contributed by atoms with van der Waals surface area (Å²) in [6.45, 7) is 3.63. The summed E-state index contributed by atoms with van der Waals surface area (Å²) in [7, 11) is 1.71. The highest BCUT2D eigenvalue weighted by molar-refractivity contribution is 5.38. The highest BCUT2D eigenvalue weighted by atomic mass is 16.5. The Morgan fingerprint density at radius 2 is 2.06 bits per heavy atom. The van der Waals surface area contributed by atoms with Crippen LogP contribution in [0.1, 0.15) is 24.0 Å². The van der Waals surface area contributed by atoms with E-state index in [1.807, 2.05) is 6.07 Å². The summed E-state index contributed by atoms with van der Waals surface area (Å²) in [6.07, 6.45) is 2.70. The van der Waals surface area contributed by atoms with Crippen LogP contribution in [0.2, 0.25) is 0 Å². The minimum atomic E-state index is -0.140. The minimum Gasteiger partial charge on any atom is -0.496 e. The SMILES string of the molecule is COc1ccc(C)cc1CC1(N)CCOCC1. The van der Waals surface area contributed by atoms with Gasteiger partial charge in [-0.1, -0.05) is 17.7 Å². The Balaban J connectivity index is 2.19. The smallest absolute Gasteiger partial charge is 0.122 e. The molecule has 3 nitrogen and oxygen atoms in total. The second-order valence-electron chi connectivity index (χ2n) is 4.97. The molecular formula is C14H21NO2. The summed E-state index contributed by atoms with van der Waals surface area (Å²) in [6, 6.07) is 6.26. The Hall–Kier alpha value is -1.06. The van der Waals surface area contributed by atoms with Gasteiger partial charge in [-0.25, -0.2) is 0 Å². The van der Waals surface area contributed by atoms with E-state index < -0.39 is 0 Å². The number of hydrogen-bond donors (Lipinski definition) is 1. The van der Waals surface area contributed by atoms with E-state index >= 15 is 0 Å². The van der Waals surface area contributed by atoms with Gasteiger partial charge < -0.3 is 15.2 Å². The van der Waals surface area contributed by atoms with Crippen LogP contribution < -0.4 is 10.5 Å². The van der Waals surface area contributed by atoms with Crippen LogP contribution in [-0.2, 0) is 11.2 Å². The molecule has 0 spiro atoms. The molecule has 0 unspecified atom stereocenters. The van der Waals surface area contributed by atoms with Crippen molar-refractivity contribution in [2.24, 2.45) is 5.73 Å². The topological polar surface area (TPSA) is 44.5 Å². The maximum atomic E-state index is 6.43. The van der Waals surface area contributed by atoms with E-state index in [-0.39, 0.29) is 5.54 Å². The van der Waals surface area contributed by atoms with Crippen molar-refractivity contribution >= 4 is 0 Å². The largest absolute Gasteiger partial charge is 0.496 e. The molecule has 2 rings (SSSR count). The number of ether oxygens (including phenoxy) is 2. The lowest BCUT2D eigenvalue weighted by Crippen LogP contribution is -2.46. The van der Waals surface area contributed by atoms with Crippen LogP contribution in [-0.4, -0.2) is 25.9 Å². The van der Waals surface area contributed by atoms with Crippen LogP contribution in [0, 0.1) is 6.92 Å². The molecule has 0 aliphatic carbocycles. The summed E-state index contributed by atoms with van der Waals surface area (Å²) < 4.78 is 10.8. The van der Waals surface area contributed by atoms with E-state index in [4.69, 9.17) is 15.2 Å². The molecule has 0 aromatic heterocycles. The van der Waals surface area contributed by atoms with Crippen LogP contribution in [0.25, 0.3) is 0 Å². The van der Waals surface area contributed by atoms with Crippen molar-refractivity contribution in [3.05, 3.63) is 29.3 Å². The number of rotatable bonds is 3. The number of benzene rings is 1. The van der Waals surface area contributed by atoms with Gasteiger partial charge >= 0.3 is 0 Å². The standard InChI is InChI=1S/C14H21NO2/c1-11-3-4-13(16-2)12(9-11)10-14(15)5-7-17-8-6-14/h3-4,9H,5-8,10,15H2,1-2H3. The monoisotopic (exact) mass is 235 g/mol. The van der Waals surface area contributed by atoms with Gasteiger partial charge in [0.1, 0.15) is 5.75 Å². The second kappa shape index (κ2) is 5.07. The Morgan fingerprint density at radius 3 is 2.71 bits per heavy atom. The molecule has 3 heteroatoms. The molecule has 0 amide bonds. The average Bonchev–Trinajstić information content (AvgIpc) is 2.29. The van der Waals surface area contributed by atoms with E-state index in [9.17, 15) is 0 Å². The van der Waals surface area contributed by atoms with Gasteiger partial charge in [-0.3, -0.25) is 0 Å². The van der Waals surface area contributed by atoms with Crippen LogP contribution in [0.4, 0.5) is 0 Å². The predicted molar refractivity (Wildman–Crippen MR) is 68.4 cm³/mol. The highest BCUT2D eigenvalue weighted by Gasteiger charge is 2.29. The number of hydrogen-bond acceptors (Lipinski definition) is 3. The fourth-order valence-electron chi connectivity index (χ4n) is 2.38. The molecule has 0 bridgehead atoms. The fourth-order valence-corrected chi connectivity index (χ4v) is 2.38. The molecule has 0 atom stereocenters. The summed E-state index contributed by atoms with van der Waals surface area (Å²) >= 11 is 0. The summed E-state index contributed by atoms with van der Waals surface area (Å²) in [5.41, 5.74) is 8.74. The first-order chi connectivity index (χ1) is 8.13. The third-order valence-corrected chi connectivity index (χ3v) is 3.47. The van der Waals surface area contributed by atoms with Crippen molar-refractivity contribution in [3.63, 3.8) is 0 Å². The van der Waals surface area contributed by atoms with Gasteiger partial charge in [0.05, 0.1) is 7.11 Å². The van der Waals surface area contributed by atoms with Crippen molar-refractivity contribution in [2.75, 3.05) is 20.3 Å². The van der Waals surface area contributed by atoms with Crippen molar-refractivity contribution in [1.82, 2.24) is 0 Å². The van der Waals surface area contributed by atoms with E-state index in [1.54, 1.807) is 7.11 Å². The molecule has 1 fully saturated rings. The van der Waals surface area contributed by atoms with E-state index in [1.165, 1.54) is 11.1 Å². The highest BCUT2D eigenvalue weighted by Crippen LogP contribution is 2.28. The molecule has 0 saturated carbocycles. The number of nitrogens with two attached hydrogens (primary N) is 1. The van der Waals surface area contributed by atoms with Crippen LogP contribution >= 0.6 is 0 Å². The first-order valence-electron chi connectivity index (χ1n) is 6.13. The molecular weight excluding hydrogens is 214 g/mol. The van der Waals surface area contributed by atoms with Gasteiger partial charge in [-0.2, -0.15) is 0 Å². The van der Waals surface area contributed by atoms with Crippen molar-refractivity contribution < 1.29 is 9.47 Å². The maximum absolute atomic E-state index is 6.43. The zero-order valence-electron chi connectivity index (χ0n) is 10.7. The first-order valence-corrected chi connectivity index (χ1v) is 6.13. The predicted octanol–water partition coefficient (Wildman–Crippen LogP) is 2.05. The lowest BCUT2D eigenvalue weighted by Gasteiger charge is -2.33. The third-order valence-electron chi connectivity index (χ3n) is 3.47. The van der Waals surface area contributed by atoms with E-state index in [0.29, 0.717) is 0 Å². The number of aryl methyl sites for hydroxylation is 1. The zero-order chi connectivity index (χ0) is 12.3. The lowest BCUT2D eigenvalue weighted by molar-refractivity contribution is 0.0531. The normalized spacial score (nSPS) is 19.0. The summed E-state index contributed by atoms with van der Waals surface area (Å²) in [4.78, 5) is 0. The molecule has 1 aliphatic heterocycles. The molecule has 17 heavy (non-hydrogen) atoms. The van der Waals surface area contributed by atoms with Crippen molar-refractivity contribution in [1.29, 1.82) is 0 Å². The Morgan fingerprint density at radius 1 is 1.35 bits per heavy atom. The van der Waals surface area contributed by atoms with Crippen LogP contribution in [0.15, 0.2) is 18.2 Å².